The van der Waals surface area contributed by atoms with Gasteiger partial charge in [-0.2, -0.15) is 0 Å². The molecule has 0 fully saturated rings. The number of rotatable bonds is 4. The lowest BCUT2D eigenvalue weighted by Crippen LogP contribution is -2.14. The van der Waals surface area contributed by atoms with Gasteiger partial charge < -0.3 is 15.2 Å². The van der Waals surface area contributed by atoms with Crippen LogP contribution < -0.4 is 0 Å². The van der Waals surface area contributed by atoms with E-state index in [2.05, 4.69) is 4.98 Å². The molecular formula is C9H13N3O4. The first-order valence-electron chi connectivity index (χ1n) is 4.84. The predicted octanol–water partition coefficient (Wildman–Crippen LogP) is 1.31. The maximum Gasteiger partial charge on any atom is 0.435 e. The first kappa shape index (κ1) is 12.2. The molecule has 1 atom stereocenters. The molecule has 0 spiro atoms. The van der Waals surface area contributed by atoms with Crippen molar-refractivity contribution in [2.45, 2.75) is 33.2 Å². The lowest BCUT2D eigenvalue weighted by Gasteiger charge is -2.06. The summed E-state index contributed by atoms with van der Waals surface area (Å²) in [5.74, 6) is -2.13. The fourth-order valence-corrected chi connectivity index (χ4v) is 1.69. The van der Waals surface area contributed by atoms with Crippen LogP contribution in [0.2, 0.25) is 0 Å². The molecule has 1 rings (SSSR count). The molecular weight excluding hydrogens is 214 g/mol. The molecule has 0 bridgehead atoms. The van der Waals surface area contributed by atoms with E-state index in [0.29, 0.717) is 17.9 Å². The average Bonchev–Trinajstić information content (AvgIpc) is 2.53. The van der Waals surface area contributed by atoms with Crippen molar-refractivity contribution >= 4 is 11.9 Å². The van der Waals surface area contributed by atoms with E-state index >= 15 is 0 Å². The lowest BCUT2D eigenvalue weighted by molar-refractivity contribution is -0.396. The Morgan fingerprint density at radius 3 is 2.62 bits per heavy atom. The lowest BCUT2D eigenvalue weighted by atomic mass is 10.1. The van der Waals surface area contributed by atoms with Gasteiger partial charge in [0.25, 0.3) is 0 Å². The van der Waals surface area contributed by atoms with Gasteiger partial charge in [-0.05, 0) is 25.7 Å². The van der Waals surface area contributed by atoms with Crippen LogP contribution in [0.15, 0.2) is 0 Å². The molecule has 0 amide bonds. The third-order valence-corrected chi connectivity index (χ3v) is 2.43. The van der Waals surface area contributed by atoms with Crippen LogP contribution in [-0.2, 0) is 11.3 Å². The molecule has 7 nitrogen and oxygen atoms in total. The molecule has 1 aromatic rings. The summed E-state index contributed by atoms with van der Waals surface area (Å²) in [5.41, 5.74) is 0.783. The van der Waals surface area contributed by atoms with Gasteiger partial charge in [0.05, 0.1) is 6.54 Å². The summed E-state index contributed by atoms with van der Waals surface area (Å²) in [4.78, 5) is 24.8. The summed E-state index contributed by atoms with van der Waals surface area (Å²) in [6.45, 7) is 5.10. The molecule has 7 heteroatoms. The fourth-order valence-electron chi connectivity index (χ4n) is 1.69. The zero-order chi connectivity index (χ0) is 12.5. The van der Waals surface area contributed by atoms with Crippen molar-refractivity contribution in [3.05, 3.63) is 21.5 Å². The molecule has 1 heterocycles. The molecule has 1 N–H and O–H groups in total. The van der Waals surface area contributed by atoms with Gasteiger partial charge in [0.1, 0.15) is 11.6 Å². The predicted molar refractivity (Wildman–Crippen MR) is 55.3 cm³/mol. The molecule has 0 aromatic carbocycles. The number of nitrogens with zero attached hydrogens (tertiary/aromatic N) is 3. The van der Waals surface area contributed by atoms with Gasteiger partial charge in [0, 0.05) is 0 Å². The number of aryl methyl sites for hydroxylation is 1. The zero-order valence-electron chi connectivity index (χ0n) is 9.30. The minimum Gasteiger partial charge on any atom is -0.481 e. The number of carboxylic acids is 1. The largest absolute Gasteiger partial charge is 0.481 e. The van der Waals surface area contributed by atoms with Gasteiger partial charge in [-0.25, -0.2) is 4.57 Å². The number of nitro groups is 1. The van der Waals surface area contributed by atoms with E-state index in [-0.39, 0.29) is 5.95 Å². The fraction of sp³-hybridized carbons (Fsp3) is 0.556. The van der Waals surface area contributed by atoms with Gasteiger partial charge in [-0.1, -0.05) is 4.98 Å². The third-order valence-electron chi connectivity index (χ3n) is 2.43. The number of carboxylic acid groups (broad SMARTS) is 1. The van der Waals surface area contributed by atoms with Crippen molar-refractivity contribution < 1.29 is 14.8 Å². The number of carbonyl (C=O) groups is 1. The quantitative estimate of drug-likeness (QED) is 0.617. The standard InChI is InChI=1S/C9H13N3O4/c1-4-11-7(5(2)8(13)14)6(3)10-9(11)12(15)16/h5H,4H2,1-3H3,(H,13,14). The Labute approximate surface area is 91.9 Å². The Kier molecular flexibility index (Phi) is 3.26. The van der Waals surface area contributed by atoms with Gasteiger partial charge in [0.15, 0.2) is 5.69 Å². The van der Waals surface area contributed by atoms with Crippen molar-refractivity contribution in [2.24, 2.45) is 0 Å². The van der Waals surface area contributed by atoms with Crippen LogP contribution in [0.5, 0.6) is 0 Å². The minimum atomic E-state index is -1.02. The van der Waals surface area contributed by atoms with Crippen LogP contribution >= 0.6 is 0 Å². The molecule has 0 aliphatic heterocycles. The molecule has 0 saturated heterocycles. The first-order valence-corrected chi connectivity index (χ1v) is 4.84. The van der Waals surface area contributed by atoms with Crippen LogP contribution in [-0.4, -0.2) is 25.6 Å². The number of hydrogen-bond donors (Lipinski definition) is 1. The second-order valence-corrected chi connectivity index (χ2v) is 3.44. The minimum absolute atomic E-state index is 0.303. The Hall–Kier alpha value is -1.92. The highest BCUT2D eigenvalue weighted by atomic mass is 16.6. The number of aromatic nitrogens is 2. The number of hydrogen-bond acceptors (Lipinski definition) is 4. The van der Waals surface area contributed by atoms with Crippen LogP contribution in [0.1, 0.15) is 31.2 Å². The summed E-state index contributed by atoms with van der Waals surface area (Å²) >= 11 is 0. The second-order valence-electron chi connectivity index (χ2n) is 3.44. The molecule has 0 saturated carbocycles. The van der Waals surface area contributed by atoms with Crippen molar-refractivity contribution in [2.75, 3.05) is 0 Å². The van der Waals surface area contributed by atoms with Crippen LogP contribution in [0.25, 0.3) is 0 Å². The SMILES string of the molecule is CCn1c([N+](=O)[O-])nc(C)c1C(C)C(=O)O. The van der Waals surface area contributed by atoms with E-state index in [9.17, 15) is 14.9 Å². The monoisotopic (exact) mass is 227 g/mol. The normalized spacial score (nSPS) is 12.4. The van der Waals surface area contributed by atoms with E-state index in [1.54, 1.807) is 13.8 Å². The van der Waals surface area contributed by atoms with Crippen molar-refractivity contribution in [1.82, 2.24) is 9.55 Å². The van der Waals surface area contributed by atoms with E-state index < -0.39 is 16.8 Å². The van der Waals surface area contributed by atoms with Crippen LogP contribution in [0.4, 0.5) is 5.95 Å². The maximum atomic E-state index is 10.9. The molecule has 1 aromatic heterocycles. The number of aliphatic carboxylic acids is 1. The molecule has 88 valence electrons. The van der Waals surface area contributed by atoms with Crippen molar-refractivity contribution in [1.29, 1.82) is 0 Å². The highest BCUT2D eigenvalue weighted by Gasteiger charge is 2.30. The highest BCUT2D eigenvalue weighted by Crippen LogP contribution is 2.25. The van der Waals surface area contributed by atoms with Crippen molar-refractivity contribution in [3.63, 3.8) is 0 Å². The zero-order valence-corrected chi connectivity index (χ0v) is 9.30. The molecule has 0 aliphatic carbocycles. The van der Waals surface area contributed by atoms with Gasteiger partial charge in [-0.3, -0.25) is 4.79 Å². The Bertz CT molecular complexity index is 438. The topological polar surface area (TPSA) is 98.3 Å². The maximum absolute atomic E-state index is 10.9. The van der Waals surface area contributed by atoms with Gasteiger partial charge in [0.2, 0.25) is 0 Å². The summed E-state index contributed by atoms with van der Waals surface area (Å²) in [7, 11) is 0. The Morgan fingerprint density at radius 1 is 1.69 bits per heavy atom. The van der Waals surface area contributed by atoms with Crippen LogP contribution in [0, 0.1) is 17.0 Å². The van der Waals surface area contributed by atoms with E-state index in [1.165, 1.54) is 11.5 Å². The Balaban J connectivity index is 3.38. The second kappa shape index (κ2) is 4.30. The molecule has 16 heavy (non-hydrogen) atoms. The van der Waals surface area contributed by atoms with Crippen molar-refractivity contribution in [3.8, 4) is 0 Å². The summed E-state index contributed by atoms with van der Waals surface area (Å²) in [5, 5.41) is 19.6. The summed E-state index contributed by atoms with van der Waals surface area (Å²) < 4.78 is 1.33. The van der Waals surface area contributed by atoms with Crippen LogP contribution in [0.3, 0.4) is 0 Å². The number of imidazole rings is 1. The third kappa shape index (κ3) is 1.88. The van der Waals surface area contributed by atoms with Gasteiger partial charge >= 0.3 is 11.9 Å². The molecule has 0 radical (unpaired) electrons. The first-order chi connectivity index (χ1) is 7.40. The highest BCUT2D eigenvalue weighted by molar-refractivity contribution is 5.75. The average molecular weight is 227 g/mol. The van der Waals surface area contributed by atoms with Gasteiger partial charge in [-0.15, -0.1) is 0 Å². The van der Waals surface area contributed by atoms with E-state index in [1.807, 2.05) is 0 Å². The smallest absolute Gasteiger partial charge is 0.435 e. The molecule has 0 aliphatic rings. The van der Waals surface area contributed by atoms with E-state index in [0.717, 1.165) is 0 Å². The summed E-state index contributed by atoms with van der Waals surface area (Å²) in [6, 6.07) is 0. The Morgan fingerprint density at radius 2 is 2.25 bits per heavy atom. The van der Waals surface area contributed by atoms with E-state index in [4.69, 9.17) is 5.11 Å². The summed E-state index contributed by atoms with van der Waals surface area (Å²) in [6.07, 6.45) is 0. The molecule has 1 unspecified atom stereocenters.